The van der Waals surface area contributed by atoms with Gasteiger partial charge < -0.3 is 0 Å². The molecule has 0 N–H and O–H groups in total. The minimum atomic E-state index is -0.420. The zero-order valence-corrected chi connectivity index (χ0v) is 34.4. The van der Waals surface area contributed by atoms with E-state index in [-0.39, 0.29) is 0 Å². The van der Waals surface area contributed by atoms with Gasteiger partial charge in [0.15, 0.2) is 17.5 Å². The van der Waals surface area contributed by atoms with Gasteiger partial charge in [-0.3, -0.25) is 0 Å². The van der Waals surface area contributed by atoms with Crippen molar-refractivity contribution in [1.29, 1.82) is 0 Å². The molecule has 0 atom stereocenters. The van der Waals surface area contributed by atoms with Crippen LogP contribution in [0.25, 0.3) is 78.7 Å². The molecule has 4 heteroatoms. The highest BCUT2D eigenvalue weighted by molar-refractivity contribution is 7.99. The number of rotatable bonds is 6. The zero-order valence-electron chi connectivity index (χ0n) is 33.6. The topological polar surface area (TPSA) is 38.7 Å². The minimum Gasteiger partial charge on any atom is -0.208 e. The van der Waals surface area contributed by atoms with E-state index in [0.717, 1.165) is 33.4 Å². The van der Waals surface area contributed by atoms with Crippen molar-refractivity contribution in [3.63, 3.8) is 0 Å². The molecule has 1 aliphatic carbocycles. The first kappa shape index (κ1) is 36.2. The Hall–Kier alpha value is -7.66. The van der Waals surface area contributed by atoms with Gasteiger partial charge in [-0.15, -0.1) is 0 Å². The molecule has 0 radical (unpaired) electrons. The fourth-order valence-electron chi connectivity index (χ4n) is 9.55. The molecule has 1 aliphatic heterocycles. The molecule has 2 aliphatic rings. The van der Waals surface area contributed by atoms with Crippen LogP contribution in [0.5, 0.6) is 0 Å². The second kappa shape index (κ2) is 14.8. The summed E-state index contributed by atoms with van der Waals surface area (Å²) in [6, 6.07) is 80.4. The van der Waals surface area contributed by atoms with Crippen molar-refractivity contribution in [2.45, 2.75) is 15.2 Å². The van der Waals surface area contributed by atoms with Crippen LogP contribution in [0.4, 0.5) is 0 Å². The maximum atomic E-state index is 5.13. The van der Waals surface area contributed by atoms with E-state index in [1.165, 1.54) is 59.9 Å². The van der Waals surface area contributed by atoms with Crippen molar-refractivity contribution in [3.8, 4) is 78.7 Å². The van der Waals surface area contributed by atoms with Crippen LogP contribution in [0.3, 0.4) is 0 Å². The van der Waals surface area contributed by atoms with E-state index in [9.17, 15) is 0 Å². The van der Waals surface area contributed by atoms with Crippen LogP contribution in [0, 0.1) is 0 Å². The highest BCUT2D eigenvalue weighted by Crippen LogP contribution is 2.63. The van der Waals surface area contributed by atoms with Gasteiger partial charge in [-0.05, 0) is 72.8 Å². The Kier molecular flexibility index (Phi) is 8.65. The number of benzene rings is 9. The molecule has 0 unspecified atom stereocenters. The molecule has 2 heterocycles. The summed E-state index contributed by atoms with van der Waals surface area (Å²) in [5.41, 5.74) is 17.3. The van der Waals surface area contributed by atoms with Crippen molar-refractivity contribution < 1.29 is 0 Å². The van der Waals surface area contributed by atoms with Crippen LogP contribution >= 0.6 is 11.8 Å². The second-order valence-corrected chi connectivity index (χ2v) is 16.9. The average Bonchev–Trinajstić information content (AvgIpc) is 3.65. The fraction of sp³-hybridized carbons (Fsp3) is 0.0172. The second-order valence-electron chi connectivity index (χ2n) is 15.9. The number of fused-ring (bicyclic) bond motifs is 9. The van der Waals surface area contributed by atoms with Crippen LogP contribution in [0.15, 0.2) is 234 Å². The Bertz CT molecular complexity index is 3140. The molecule has 0 saturated carbocycles. The SMILES string of the molecule is c1ccc(-c2ccc(-c3nc(-c4ccc(-c5ccccc5)cc4)nc(-c4ccc(-c5cccc6c5Sc5ccccc5C65c6ccccc6-c6ccccc65)cc4)n3)cc2)cc1. The van der Waals surface area contributed by atoms with Crippen molar-refractivity contribution in [3.05, 3.63) is 247 Å². The molecule has 1 aromatic heterocycles. The summed E-state index contributed by atoms with van der Waals surface area (Å²) in [6.07, 6.45) is 0. The lowest BCUT2D eigenvalue weighted by atomic mass is 9.67. The molecule has 12 rings (SSSR count). The molecule has 0 saturated heterocycles. The first-order valence-corrected chi connectivity index (χ1v) is 21.8. The molecule has 0 amide bonds. The normalized spacial score (nSPS) is 12.9. The van der Waals surface area contributed by atoms with E-state index >= 15 is 0 Å². The Balaban J connectivity index is 0.962. The van der Waals surface area contributed by atoms with Crippen LogP contribution in [0.2, 0.25) is 0 Å². The smallest absolute Gasteiger partial charge is 0.164 e. The van der Waals surface area contributed by atoms with E-state index in [0.29, 0.717) is 17.5 Å². The molecule has 10 aromatic rings. The quantitative estimate of drug-likeness (QED) is 0.168. The highest BCUT2D eigenvalue weighted by atomic mass is 32.2. The number of nitrogens with zero attached hydrogens (tertiary/aromatic N) is 3. The van der Waals surface area contributed by atoms with E-state index in [1.54, 1.807) is 0 Å². The van der Waals surface area contributed by atoms with Gasteiger partial charge in [0.2, 0.25) is 0 Å². The third-order valence-electron chi connectivity index (χ3n) is 12.5. The van der Waals surface area contributed by atoms with Gasteiger partial charge in [-0.1, -0.05) is 230 Å². The third kappa shape index (κ3) is 5.87. The molecular weight excluding hydrogens is 771 g/mol. The lowest BCUT2D eigenvalue weighted by Gasteiger charge is -2.40. The number of aromatic nitrogens is 3. The van der Waals surface area contributed by atoms with E-state index in [4.69, 9.17) is 15.0 Å². The van der Waals surface area contributed by atoms with Gasteiger partial charge in [0.25, 0.3) is 0 Å². The van der Waals surface area contributed by atoms with Gasteiger partial charge in [0.1, 0.15) is 0 Å². The summed E-state index contributed by atoms with van der Waals surface area (Å²) < 4.78 is 0. The van der Waals surface area contributed by atoms with Gasteiger partial charge in [-0.25, -0.2) is 15.0 Å². The number of hydrogen-bond donors (Lipinski definition) is 0. The Morgan fingerprint density at radius 1 is 0.258 bits per heavy atom. The molecule has 290 valence electrons. The van der Waals surface area contributed by atoms with Crippen molar-refractivity contribution in [1.82, 2.24) is 15.0 Å². The molecule has 62 heavy (non-hydrogen) atoms. The molecule has 9 aromatic carbocycles. The Morgan fingerprint density at radius 3 is 1.11 bits per heavy atom. The largest absolute Gasteiger partial charge is 0.208 e. The van der Waals surface area contributed by atoms with E-state index in [1.807, 2.05) is 23.9 Å². The van der Waals surface area contributed by atoms with Gasteiger partial charge >= 0.3 is 0 Å². The summed E-state index contributed by atoms with van der Waals surface area (Å²) in [5.74, 6) is 1.90. The third-order valence-corrected chi connectivity index (χ3v) is 13.7. The number of hydrogen-bond acceptors (Lipinski definition) is 4. The van der Waals surface area contributed by atoms with Gasteiger partial charge in [0, 0.05) is 26.5 Å². The predicted molar refractivity (Wildman–Crippen MR) is 254 cm³/mol. The predicted octanol–water partition coefficient (Wildman–Crippen LogP) is 14.7. The first-order chi connectivity index (χ1) is 30.7. The molecular formula is C58H37N3S. The molecule has 1 spiro atoms. The molecule has 0 bridgehead atoms. The maximum absolute atomic E-state index is 5.13. The summed E-state index contributed by atoms with van der Waals surface area (Å²) in [4.78, 5) is 17.9. The van der Waals surface area contributed by atoms with Crippen molar-refractivity contribution >= 4 is 11.8 Å². The Morgan fingerprint density at radius 2 is 0.613 bits per heavy atom. The van der Waals surface area contributed by atoms with Crippen molar-refractivity contribution in [2.24, 2.45) is 0 Å². The fourth-order valence-corrected chi connectivity index (χ4v) is 10.9. The summed E-state index contributed by atoms with van der Waals surface area (Å²) in [7, 11) is 0. The first-order valence-electron chi connectivity index (χ1n) is 21.0. The van der Waals surface area contributed by atoms with Gasteiger partial charge in [-0.2, -0.15) is 0 Å². The Labute approximate surface area is 365 Å². The maximum Gasteiger partial charge on any atom is 0.164 e. The van der Waals surface area contributed by atoms with Gasteiger partial charge in [0.05, 0.1) is 5.41 Å². The molecule has 0 fully saturated rings. The monoisotopic (exact) mass is 807 g/mol. The standard InChI is InChI=1S/C58H37N3S/c1-3-14-38(15-4-1)40-26-32-43(33-27-40)55-59-56(44-34-28-41(29-35-44)39-16-5-2-6-17-39)61-57(60-55)45-36-30-42(31-37-45)46-20-13-24-52-54(46)62-53-25-12-11-23-51(53)58(52)49-21-9-7-18-47(49)48-19-8-10-22-50(48)58/h1-37H. The van der Waals surface area contributed by atoms with Crippen LogP contribution in [0.1, 0.15) is 22.3 Å². The summed E-state index contributed by atoms with van der Waals surface area (Å²) >= 11 is 1.88. The lowest BCUT2D eigenvalue weighted by molar-refractivity contribution is 0.723. The zero-order chi connectivity index (χ0) is 41.0. The van der Waals surface area contributed by atoms with Crippen LogP contribution in [-0.2, 0) is 5.41 Å². The van der Waals surface area contributed by atoms with Crippen LogP contribution in [-0.4, -0.2) is 15.0 Å². The summed E-state index contributed by atoms with van der Waals surface area (Å²) in [5, 5.41) is 0. The minimum absolute atomic E-state index is 0.420. The highest BCUT2D eigenvalue weighted by Gasteiger charge is 2.50. The van der Waals surface area contributed by atoms with E-state index in [2.05, 4.69) is 212 Å². The lowest BCUT2D eigenvalue weighted by Crippen LogP contribution is -2.32. The van der Waals surface area contributed by atoms with Crippen LogP contribution < -0.4 is 0 Å². The average molecular weight is 808 g/mol. The van der Waals surface area contributed by atoms with Crippen molar-refractivity contribution in [2.75, 3.05) is 0 Å². The van der Waals surface area contributed by atoms with E-state index < -0.39 is 5.41 Å². The molecule has 3 nitrogen and oxygen atoms in total. The summed E-state index contributed by atoms with van der Waals surface area (Å²) in [6.45, 7) is 0.